The first-order valence-corrected chi connectivity index (χ1v) is 7.01. The van der Waals surface area contributed by atoms with Gasteiger partial charge in [0.15, 0.2) is 0 Å². The summed E-state index contributed by atoms with van der Waals surface area (Å²) in [6, 6.07) is 0. The first-order chi connectivity index (χ1) is 8.95. The second-order valence-electron chi connectivity index (χ2n) is 5.81. The second kappa shape index (κ2) is 6.89. The van der Waals surface area contributed by atoms with Crippen molar-refractivity contribution in [3.8, 4) is 0 Å². The first kappa shape index (κ1) is 16.0. The number of esters is 1. The van der Waals surface area contributed by atoms with Crippen molar-refractivity contribution in [3.05, 3.63) is 0 Å². The summed E-state index contributed by atoms with van der Waals surface area (Å²) in [7, 11) is 1.37. The molecule has 0 radical (unpaired) electrons. The monoisotopic (exact) mass is 270 g/mol. The predicted octanol–water partition coefficient (Wildman–Crippen LogP) is 1.16. The lowest BCUT2D eigenvalue weighted by atomic mass is 9.67. The molecule has 0 spiro atoms. The second-order valence-corrected chi connectivity index (χ2v) is 5.81. The molecular formula is C14H26N2O3. The van der Waals surface area contributed by atoms with E-state index in [0.717, 1.165) is 19.3 Å². The highest BCUT2D eigenvalue weighted by Crippen LogP contribution is 2.41. The molecule has 0 aromatic carbocycles. The van der Waals surface area contributed by atoms with E-state index in [-0.39, 0.29) is 23.7 Å². The Hall–Kier alpha value is -1.10. The summed E-state index contributed by atoms with van der Waals surface area (Å²) in [5, 5.41) is 0. The highest BCUT2D eigenvalue weighted by Gasteiger charge is 2.45. The third-order valence-electron chi connectivity index (χ3n) is 3.84. The van der Waals surface area contributed by atoms with Crippen molar-refractivity contribution in [3.63, 3.8) is 0 Å². The van der Waals surface area contributed by atoms with E-state index < -0.39 is 0 Å². The number of nitrogens with zero attached hydrogens (tertiary/aromatic N) is 1. The number of carbonyl (C=O) groups excluding carboxylic acids is 2. The van der Waals surface area contributed by atoms with Crippen LogP contribution in [0.2, 0.25) is 0 Å². The zero-order chi connectivity index (χ0) is 14.5. The van der Waals surface area contributed by atoms with Crippen molar-refractivity contribution < 1.29 is 14.3 Å². The molecule has 5 heteroatoms. The van der Waals surface area contributed by atoms with Gasteiger partial charge in [0.2, 0.25) is 5.91 Å². The normalized spacial score (nSPS) is 16.9. The third-order valence-corrected chi connectivity index (χ3v) is 3.84. The van der Waals surface area contributed by atoms with Gasteiger partial charge in [0, 0.05) is 19.6 Å². The van der Waals surface area contributed by atoms with E-state index in [2.05, 4.69) is 18.6 Å². The molecule has 0 aliphatic heterocycles. The molecule has 1 rings (SSSR count). The van der Waals surface area contributed by atoms with Crippen molar-refractivity contribution in [1.29, 1.82) is 0 Å². The van der Waals surface area contributed by atoms with Crippen molar-refractivity contribution in [2.24, 2.45) is 17.1 Å². The largest absolute Gasteiger partial charge is 0.469 e. The molecule has 0 saturated heterocycles. The summed E-state index contributed by atoms with van der Waals surface area (Å²) in [6.07, 6.45) is 3.05. The van der Waals surface area contributed by atoms with E-state index in [0.29, 0.717) is 25.6 Å². The summed E-state index contributed by atoms with van der Waals surface area (Å²) in [4.78, 5) is 25.6. The van der Waals surface area contributed by atoms with Gasteiger partial charge in [-0.2, -0.15) is 0 Å². The lowest BCUT2D eigenvalue weighted by Crippen LogP contribution is -2.53. The van der Waals surface area contributed by atoms with Crippen LogP contribution in [-0.4, -0.2) is 43.5 Å². The molecule has 1 saturated carbocycles. The Morgan fingerprint density at radius 3 is 2.37 bits per heavy atom. The quantitative estimate of drug-likeness (QED) is 0.705. The van der Waals surface area contributed by atoms with Gasteiger partial charge in [-0.1, -0.05) is 20.3 Å². The van der Waals surface area contributed by atoms with E-state index in [9.17, 15) is 9.59 Å². The highest BCUT2D eigenvalue weighted by atomic mass is 16.5. The van der Waals surface area contributed by atoms with Crippen LogP contribution in [0.15, 0.2) is 0 Å². The maximum absolute atomic E-state index is 12.6. The summed E-state index contributed by atoms with van der Waals surface area (Å²) >= 11 is 0. The number of rotatable bonds is 7. The maximum Gasteiger partial charge on any atom is 0.307 e. The number of hydrogen-bond donors (Lipinski definition) is 1. The number of carbonyl (C=O) groups is 2. The van der Waals surface area contributed by atoms with Crippen LogP contribution in [0, 0.1) is 11.3 Å². The molecule has 0 bridgehead atoms. The van der Waals surface area contributed by atoms with Gasteiger partial charge in [0.05, 0.1) is 18.9 Å². The Morgan fingerprint density at radius 1 is 1.37 bits per heavy atom. The minimum atomic E-state index is -0.370. The van der Waals surface area contributed by atoms with E-state index in [1.54, 1.807) is 4.90 Å². The van der Waals surface area contributed by atoms with Crippen LogP contribution >= 0.6 is 0 Å². The van der Waals surface area contributed by atoms with Crippen LogP contribution in [-0.2, 0) is 14.3 Å². The van der Waals surface area contributed by atoms with Gasteiger partial charge in [-0.3, -0.25) is 9.59 Å². The minimum absolute atomic E-state index is 0.110. The molecule has 2 N–H and O–H groups in total. The van der Waals surface area contributed by atoms with Gasteiger partial charge in [-0.05, 0) is 18.8 Å². The average Bonchev–Trinajstić information content (AvgIpc) is 2.32. The molecule has 19 heavy (non-hydrogen) atoms. The maximum atomic E-state index is 12.6. The average molecular weight is 270 g/mol. The molecular weight excluding hydrogens is 244 g/mol. The molecule has 1 amide bonds. The minimum Gasteiger partial charge on any atom is -0.469 e. The highest BCUT2D eigenvalue weighted by molar-refractivity contribution is 5.84. The molecule has 0 aromatic rings. The van der Waals surface area contributed by atoms with Gasteiger partial charge in [0.25, 0.3) is 0 Å². The van der Waals surface area contributed by atoms with Crippen LogP contribution in [0.5, 0.6) is 0 Å². The Bertz CT molecular complexity index is 319. The van der Waals surface area contributed by atoms with Crippen LogP contribution in [0.3, 0.4) is 0 Å². The Balaban J connectivity index is 2.67. The summed E-state index contributed by atoms with van der Waals surface area (Å²) in [6.45, 7) is 5.62. The van der Waals surface area contributed by atoms with Gasteiger partial charge in [-0.15, -0.1) is 0 Å². The number of ether oxygens (including phenoxy) is 1. The van der Waals surface area contributed by atoms with Gasteiger partial charge in [0.1, 0.15) is 0 Å². The van der Waals surface area contributed by atoms with E-state index in [1.807, 2.05) is 0 Å². The zero-order valence-corrected chi connectivity index (χ0v) is 12.3. The molecule has 5 nitrogen and oxygen atoms in total. The van der Waals surface area contributed by atoms with Gasteiger partial charge < -0.3 is 15.4 Å². The molecule has 1 fully saturated rings. The molecule has 0 aromatic heterocycles. The topological polar surface area (TPSA) is 72.6 Å². The first-order valence-electron chi connectivity index (χ1n) is 7.01. The van der Waals surface area contributed by atoms with Crippen LogP contribution < -0.4 is 5.73 Å². The molecule has 0 heterocycles. The van der Waals surface area contributed by atoms with E-state index in [4.69, 9.17) is 5.73 Å². The van der Waals surface area contributed by atoms with Crippen molar-refractivity contribution in [1.82, 2.24) is 4.90 Å². The summed E-state index contributed by atoms with van der Waals surface area (Å²) < 4.78 is 4.64. The number of hydrogen-bond acceptors (Lipinski definition) is 4. The fraction of sp³-hybridized carbons (Fsp3) is 0.857. The molecule has 110 valence electrons. The van der Waals surface area contributed by atoms with E-state index in [1.165, 1.54) is 7.11 Å². The fourth-order valence-electron chi connectivity index (χ4n) is 2.49. The Labute approximate surface area is 115 Å². The lowest BCUT2D eigenvalue weighted by molar-refractivity contribution is -0.149. The van der Waals surface area contributed by atoms with Crippen molar-refractivity contribution in [2.45, 2.75) is 39.5 Å². The van der Waals surface area contributed by atoms with Crippen LogP contribution in [0.4, 0.5) is 0 Å². The smallest absolute Gasteiger partial charge is 0.307 e. The lowest BCUT2D eigenvalue weighted by Gasteiger charge is -2.43. The summed E-state index contributed by atoms with van der Waals surface area (Å²) in [5.74, 6) is 0.201. The fourth-order valence-corrected chi connectivity index (χ4v) is 2.49. The molecule has 0 unspecified atom stereocenters. The Morgan fingerprint density at radius 2 is 2.00 bits per heavy atom. The van der Waals surface area contributed by atoms with Crippen molar-refractivity contribution >= 4 is 11.9 Å². The van der Waals surface area contributed by atoms with Crippen LogP contribution in [0.1, 0.15) is 39.5 Å². The number of nitrogens with two attached hydrogens (primary N) is 1. The molecule has 1 aliphatic rings. The number of amides is 1. The number of methoxy groups -OCH3 is 1. The SMILES string of the molecule is COC(=O)CCN(CC(C)C)C(=O)C1(CN)CCC1. The van der Waals surface area contributed by atoms with Gasteiger partial charge >= 0.3 is 5.97 Å². The zero-order valence-electron chi connectivity index (χ0n) is 12.3. The summed E-state index contributed by atoms with van der Waals surface area (Å²) in [5.41, 5.74) is 5.41. The van der Waals surface area contributed by atoms with Crippen molar-refractivity contribution in [2.75, 3.05) is 26.7 Å². The Kier molecular flexibility index (Phi) is 5.79. The molecule has 1 aliphatic carbocycles. The van der Waals surface area contributed by atoms with Gasteiger partial charge in [-0.25, -0.2) is 0 Å². The predicted molar refractivity (Wildman–Crippen MR) is 73.4 cm³/mol. The molecule has 0 atom stereocenters. The van der Waals surface area contributed by atoms with Crippen LogP contribution in [0.25, 0.3) is 0 Å². The standard InChI is InChI=1S/C14H26N2O3/c1-11(2)9-16(8-5-12(17)19-3)13(18)14(10-15)6-4-7-14/h11H,4-10,15H2,1-3H3. The third kappa shape index (κ3) is 3.93. The van der Waals surface area contributed by atoms with E-state index >= 15 is 0 Å².